The number of para-hydroxylation sites is 2. The molecule has 1 heterocycles. The van der Waals surface area contributed by atoms with Gasteiger partial charge in [-0.1, -0.05) is 42.5 Å². The second kappa shape index (κ2) is 8.65. The first kappa shape index (κ1) is 20.7. The van der Waals surface area contributed by atoms with Crippen LogP contribution in [0.15, 0.2) is 78.9 Å². The number of amides is 1. The molecular formula is C22H19IN2O4S. The predicted octanol–water partition coefficient (Wildman–Crippen LogP) is 4.03. The molecular weight excluding hydrogens is 515 g/mol. The van der Waals surface area contributed by atoms with Gasteiger partial charge in [-0.05, 0) is 64.6 Å². The molecule has 3 aromatic carbocycles. The molecule has 154 valence electrons. The summed E-state index contributed by atoms with van der Waals surface area (Å²) < 4.78 is 34.6. The Morgan fingerprint density at radius 1 is 1.00 bits per heavy atom. The molecule has 1 atom stereocenters. The van der Waals surface area contributed by atoms with E-state index in [1.165, 1.54) is 4.31 Å². The first-order valence-electron chi connectivity index (χ1n) is 9.29. The van der Waals surface area contributed by atoms with E-state index in [-0.39, 0.29) is 12.3 Å². The molecule has 0 aliphatic carbocycles. The van der Waals surface area contributed by atoms with E-state index in [1.54, 1.807) is 60.7 Å². The number of rotatable bonds is 5. The lowest BCUT2D eigenvalue weighted by molar-refractivity contribution is -0.122. The molecule has 0 spiro atoms. The Morgan fingerprint density at radius 2 is 1.67 bits per heavy atom. The van der Waals surface area contributed by atoms with Crippen LogP contribution in [-0.2, 0) is 20.6 Å². The molecule has 0 saturated heterocycles. The third-order valence-electron chi connectivity index (χ3n) is 4.67. The summed E-state index contributed by atoms with van der Waals surface area (Å²) in [7, 11) is -3.72. The Hall–Kier alpha value is -2.59. The molecule has 30 heavy (non-hydrogen) atoms. The van der Waals surface area contributed by atoms with E-state index in [0.717, 1.165) is 3.57 Å². The Kier molecular flexibility index (Phi) is 5.96. The number of hydrogen-bond donors (Lipinski definition) is 1. The lowest BCUT2D eigenvalue weighted by Crippen LogP contribution is -2.49. The van der Waals surface area contributed by atoms with E-state index >= 15 is 0 Å². The highest BCUT2D eigenvalue weighted by atomic mass is 127. The second-order valence-corrected chi connectivity index (χ2v) is 9.98. The number of carbonyl (C=O) groups is 1. The molecule has 4 rings (SSSR count). The molecule has 6 nitrogen and oxygen atoms in total. The Bertz CT molecular complexity index is 1150. The van der Waals surface area contributed by atoms with Crippen molar-refractivity contribution >= 4 is 49.9 Å². The van der Waals surface area contributed by atoms with Crippen LogP contribution in [0.25, 0.3) is 0 Å². The van der Waals surface area contributed by atoms with Crippen molar-refractivity contribution in [1.82, 2.24) is 0 Å². The van der Waals surface area contributed by atoms with Crippen LogP contribution in [0.2, 0.25) is 0 Å². The van der Waals surface area contributed by atoms with Crippen LogP contribution in [-0.4, -0.2) is 27.0 Å². The van der Waals surface area contributed by atoms with Gasteiger partial charge in [-0.25, -0.2) is 8.42 Å². The fourth-order valence-corrected chi connectivity index (χ4v) is 5.16. The molecule has 1 unspecified atom stereocenters. The number of fused-ring (bicyclic) bond motifs is 1. The number of nitrogens with one attached hydrogen (secondary N) is 1. The minimum atomic E-state index is -3.72. The quantitative estimate of drug-likeness (QED) is 0.502. The van der Waals surface area contributed by atoms with Gasteiger partial charge >= 0.3 is 0 Å². The summed E-state index contributed by atoms with van der Waals surface area (Å²) in [6.07, 6.45) is -0.968. The van der Waals surface area contributed by atoms with Gasteiger partial charge in [0.25, 0.3) is 5.91 Å². The highest BCUT2D eigenvalue weighted by Gasteiger charge is 2.36. The summed E-state index contributed by atoms with van der Waals surface area (Å²) in [6.45, 7) is -0.0949. The van der Waals surface area contributed by atoms with Crippen LogP contribution < -0.4 is 14.4 Å². The Labute approximate surface area is 189 Å². The van der Waals surface area contributed by atoms with E-state index in [1.807, 2.05) is 18.2 Å². The zero-order chi connectivity index (χ0) is 21.1. The Morgan fingerprint density at radius 3 is 2.40 bits per heavy atom. The normalized spacial score (nSPS) is 15.8. The van der Waals surface area contributed by atoms with Crippen molar-refractivity contribution in [2.45, 2.75) is 11.9 Å². The van der Waals surface area contributed by atoms with Crippen molar-refractivity contribution in [3.8, 4) is 5.75 Å². The third-order valence-corrected chi connectivity index (χ3v) is 7.10. The van der Waals surface area contributed by atoms with Gasteiger partial charge in [0, 0.05) is 9.26 Å². The van der Waals surface area contributed by atoms with E-state index in [4.69, 9.17) is 4.74 Å². The lowest BCUT2D eigenvalue weighted by atomic mass is 10.2. The fraction of sp³-hybridized carbons (Fsp3) is 0.136. The van der Waals surface area contributed by atoms with Gasteiger partial charge in [-0.3, -0.25) is 9.10 Å². The molecule has 1 aliphatic rings. The Balaban J connectivity index is 1.60. The molecule has 8 heteroatoms. The van der Waals surface area contributed by atoms with Crippen molar-refractivity contribution in [1.29, 1.82) is 0 Å². The third kappa shape index (κ3) is 4.59. The first-order valence-corrected chi connectivity index (χ1v) is 12.0. The smallest absolute Gasteiger partial charge is 0.267 e. The summed E-state index contributed by atoms with van der Waals surface area (Å²) in [5.74, 6) is -0.193. The number of benzene rings is 3. The molecule has 0 radical (unpaired) electrons. The van der Waals surface area contributed by atoms with Crippen LogP contribution in [0.1, 0.15) is 5.56 Å². The fourth-order valence-electron chi connectivity index (χ4n) is 3.22. The van der Waals surface area contributed by atoms with Crippen molar-refractivity contribution in [2.75, 3.05) is 16.2 Å². The van der Waals surface area contributed by atoms with Gasteiger partial charge in [-0.2, -0.15) is 0 Å². The van der Waals surface area contributed by atoms with Crippen molar-refractivity contribution in [2.24, 2.45) is 0 Å². The zero-order valence-electron chi connectivity index (χ0n) is 15.9. The van der Waals surface area contributed by atoms with Crippen molar-refractivity contribution in [3.63, 3.8) is 0 Å². The maximum Gasteiger partial charge on any atom is 0.267 e. The monoisotopic (exact) mass is 534 g/mol. The van der Waals surface area contributed by atoms with Crippen LogP contribution in [0.4, 0.5) is 11.4 Å². The maximum absolute atomic E-state index is 13.2. The highest BCUT2D eigenvalue weighted by molar-refractivity contribution is 14.1. The maximum atomic E-state index is 13.2. The highest BCUT2D eigenvalue weighted by Crippen LogP contribution is 2.36. The number of nitrogens with zero attached hydrogens (tertiary/aromatic N) is 1. The molecule has 1 aliphatic heterocycles. The van der Waals surface area contributed by atoms with Crippen molar-refractivity contribution < 1.29 is 17.9 Å². The minimum Gasteiger partial charge on any atom is -0.476 e. The summed E-state index contributed by atoms with van der Waals surface area (Å²) >= 11 is 2.18. The van der Waals surface area contributed by atoms with Gasteiger partial charge in [0.05, 0.1) is 18.0 Å². The van der Waals surface area contributed by atoms with E-state index in [2.05, 4.69) is 27.9 Å². The van der Waals surface area contributed by atoms with Crippen LogP contribution in [0.5, 0.6) is 5.75 Å². The van der Waals surface area contributed by atoms with E-state index < -0.39 is 22.0 Å². The number of hydrogen-bond acceptors (Lipinski definition) is 4. The molecule has 1 N–H and O–H groups in total. The van der Waals surface area contributed by atoms with Gasteiger partial charge in [0.1, 0.15) is 5.75 Å². The standard InChI is InChI=1S/C22H19IN2O4S/c23-17-10-12-18(13-11-17)24-22(26)21-14-25(19-8-4-5-9-20(19)29-21)30(27,28)15-16-6-2-1-3-7-16/h1-13,21H,14-15H2,(H,24,26). The summed E-state index contributed by atoms with van der Waals surface area (Å²) in [6, 6.07) is 23.2. The lowest BCUT2D eigenvalue weighted by Gasteiger charge is -2.34. The average molecular weight is 534 g/mol. The second-order valence-electron chi connectivity index (χ2n) is 6.84. The zero-order valence-corrected chi connectivity index (χ0v) is 18.8. The molecule has 0 saturated carbocycles. The van der Waals surface area contributed by atoms with E-state index in [9.17, 15) is 13.2 Å². The number of ether oxygens (including phenoxy) is 1. The minimum absolute atomic E-state index is 0.0949. The summed E-state index contributed by atoms with van der Waals surface area (Å²) in [5, 5.41) is 2.80. The van der Waals surface area contributed by atoms with Crippen LogP contribution >= 0.6 is 22.6 Å². The van der Waals surface area contributed by atoms with E-state index in [0.29, 0.717) is 22.7 Å². The van der Waals surface area contributed by atoms with Crippen LogP contribution in [0.3, 0.4) is 0 Å². The molecule has 0 fully saturated rings. The molecule has 3 aromatic rings. The largest absolute Gasteiger partial charge is 0.476 e. The van der Waals surface area contributed by atoms with Gasteiger partial charge < -0.3 is 10.1 Å². The van der Waals surface area contributed by atoms with Gasteiger partial charge in [0.2, 0.25) is 10.0 Å². The SMILES string of the molecule is O=C(Nc1ccc(I)cc1)C1CN(S(=O)(=O)Cc2ccccc2)c2ccccc2O1. The molecule has 0 aromatic heterocycles. The first-order chi connectivity index (χ1) is 14.4. The van der Waals surface area contributed by atoms with Crippen molar-refractivity contribution in [3.05, 3.63) is 88.0 Å². The number of anilines is 2. The molecule has 1 amide bonds. The van der Waals surface area contributed by atoms with Crippen LogP contribution in [0, 0.1) is 3.57 Å². The topological polar surface area (TPSA) is 75.7 Å². The summed E-state index contributed by atoms with van der Waals surface area (Å²) in [5.41, 5.74) is 1.75. The van der Waals surface area contributed by atoms with Gasteiger partial charge in [0.15, 0.2) is 6.10 Å². The number of carbonyl (C=O) groups excluding carboxylic acids is 1. The average Bonchev–Trinajstić information content (AvgIpc) is 2.75. The predicted molar refractivity (Wildman–Crippen MR) is 125 cm³/mol. The number of sulfonamides is 1. The summed E-state index contributed by atoms with van der Waals surface area (Å²) in [4.78, 5) is 12.8. The van der Waals surface area contributed by atoms with Gasteiger partial charge in [-0.15, -0.1) is 0 Å². The molecule has 0 bridgehead atoms. The number of halogens is 1.